The van der Waals surface area contributed by atoms with Crippen LogP contribution >= 0.6 is 11.8 Å². The molecule has 7 heteroatoms. The molecule has 2 aromatic heterocycles. The molecule has 4 rings (SSSR count). The Morgan fingerprint density at radius 2 is 2.29 bits per heavy atom. The first kappa shape index (κ1) is 15.5. The minimum atomic E-state index is -0.229. The van der Waals surface area contributed by atoms with E-state index in [1.165, 1.54) is 0 Å². The van der Waals surface area contributed by atoms with Crippen LogP contribution in [0.3, 0.4) is 0 Å². The fourth-order valence-corrected chi connectivity index (χ4v) is 4.15. The summed E-state index contributed by atoms with van der Waals surface area (Å²) in [5.74, 6) is 2.83. The van der Waals surface area contributed by atoms with Gasteiger partial charge in [-0.3, -0.25) is 10.1 Å². The molecule has 1 amide bonds. The van der Waals surface area contributed by atoms with Crippen molar-refractivity contribution in [3.8, 4) is 5.88 Å². The van der Waals surface area contributed by atoms with Crippen LogP contribution in [0, 0.1) is 0 Å². The van der Waals surface area contributed by atoms with E-state index in [9.17, 15) is 4.79 Å². The first-order valence-electron chi connectivity index (χ1n) is 8.29. The van der Waals surface area contributed by atoms with E-state index in [1.807, 2.05) is 11.8 Å². The lowest BCUT2D eigenvalue weighted by Crippen LogP contribution is -2.17. The molecule has 2 aliphatic rings. The Bertz CT molecular complexity index is 740. The first-order chi connectivity index (χ1) is 11.8. The van der Waals surface area contributed by atoms with Crippen molar-refractivity contribution in [1.29, 1.82) is 0 Å². The van der Waals surface area contributed by atoms with Gasteiger partial charge in [0.1, 0.15) is 6.10 Å². The van der Waals surface area contributed by atoms with E-state index in [0.29, 0.717) is 17.3 Å². The Morgan fingerprint density at radius 3 is 3.17 bits per heavy atom. The molecule has 0 bridgehead atoms. The van der Waals surface area contributed by atoms with Gasteiger partial charge in [-0.05, 0) is 43.9 Å². The Morgan fingerprint density at radius 1 is 1.38 bits per heavy atom. The van der Waals surface area contributed by atoms with Crippen molar-refractivity contribution in [2.24, 2.45) is 0 Å². The lowest BCUT2D eigenvalue weighted by molar-refractivity contribution is 0.102. The molecular weight excluding hydrogens is 326 g/mol. The molecule has 126 valence electrons. The van der Waals surface area contributed by atoms with Crippen LogP contribution < -0.4 is 10.1 Å². The number of aryl methyl sites for hydroxylation is 1. The van der Waals surface area contributed by atoms with Crippen LogP contribution in [-0.2, 0) is 12.8 Å². The van der Waals surface area contributed by atoms with E-state index in [-0.39, 0.29) is 12.0 Å². The fraction of sp³-hybridized carbons (Fsp3) is 0.471. The van der Waals surface area contributed by atoms with Crippen LogP contribution in [0.4, 0.5) is 5.88 Å². The Labute approximate surface area is 144 Å². The minimum Gasteiger partial charge on any atom is -0.473 e. The predicted molar refractivity (Wildman–Crippen MR) is 91.7 cm³/mol. The largest absolute Gasteiger partial charge is 0.473 e. The van der Waals surface area contributed by atoms with E-state index < -0.39 is 0 Å². The van der Waals surface area contributed by atoms with E-state index in [4.69, 9.17) is 9.26 Å². The fourth-order valence-electron chi connectivity index (χ4n) is 3.06. The number of carbonyl (C=O) groups is 1. The molecule has 0 radical (unpaired) electrons. The summed E-state index contributed by atoms with van der Waals surface area (Å²) in [7, 11) is 0. The van der Waals surface area contributed by atoms with Gasteiger partial charge in [-0.25, -0.2) is 4.98 Å². The van der Waals surface area contributed by atoms with E-state index in [1.54, 1.807) is 18.3 Å². The molecule has 1 aliphatic heterocycles. The zero-order valence-electron chi connectivity index (χ0n) is 13.3. The van der Waals surface area contributed by atoms with Gasteiger partial charge in [-0.2, -0.15) is 11.8 Å². The second-order valence-corrected chi connectivity index (χ2v) is 7.23. The molecule has 1 N–H and O–H groups in total. The number of hydrogen-bond donors (Lipinski definition) is 1. The number of nitrogens with zero attached hydrogens (tertiary/aromatic N) is 2. The smallest absolute Gasteiger partial charge is 0.258 e. The van der Waals surface area contributed by atoms with Crippen molar-refractivity contribution >= 4 is 23.6 Å². The molecule has 2 aromatic rings. The van der Waals surface area contributed by atoms with Gasteiger partial charge < -0.3 is 9.26 Å². The number of ether oxygens (including phenoxy) is 1. The molecule has 0 spiro atoms. The number of thioether (sulfide) groups is 1. The van der Waals surface area contributed by atoms with Gasteiger partial charge in [-0.1, -0.05) is 5.16 Å². The SMILES string of the molecule is O=C(Nc1onc2c1CCCC2)c1ccnc(O[C@H]2CCSC2)c1. The molecule has 24 heavy (non-hydrogen) atoms. The van der Waals surface area contributed by atoms with E-state index >= 15 is 0 Å². The zero-order chi connectivity index (χ0) is 16.4. The molecule has 0 aromatic carbocycles. The van der Waals surface area contributed by atoms with E-state index in [2.05, 4.69) is 15.5 Å². The summed E-state index contributed by atoms with van der Waals surface area (Å²) in [4.78, 5) is 16.7. The highest BCUT2D eigenvalue weighted by atomic mass is 32.2. The van der Waals surface area contributed by atoms with Crippen LogP contribution in [0.25, 0.3) is 0 Å². The maximum atomic E-state index is 12.5. The first-order valence-corrected chi connectivity index (χ1v) is 9.44. The van der Waals surface area contributed by atoms with Gasteiger partial charge in [0.15, 0.2) is 0 Å². The second kappa shape index (κ2) is 6.84. The van der Waals surface area contributed by atoms with Crippen molar-refractivity contribution in [3.05, 3.63) is 35.2 Å². The minimum absolute atomic E-state index is 0.183. The summed E-state index contributed by atoms with van der Waals surface area (Å²) in [5.41, 5.74) is 2.50. The van der Waals surface area contributed by atoms with Crippen molar-refractivity contribution in [2.75, 3.05) is 16.8 Å². The standard InChI is InChI=1S/C17H19N3O3S/c21-16(19-17-13-3-1-2-4-14(13)20-23-17)11-5-7-18-15(9-11)22-12-6-8-24-10-12/h5,7,9,12H,1-4,6,8,10H2,(H,19,21)/t12-/m0/s1. The number of pyridine rings is 1. The number of hydrogen-bond acceptors (Lipinski definition) is 6. The monoisotopic (exact) mass is 345 g/mol. The number of aromatic nitrogens is 2. The van der Waals surface area contributed by atoms with Gasteiger partial charge in [-0.15, -0.1) is 0 Å². The highest BCUT2D eigenvalue weighted by Gasteiger charge is 2.22. The third kappa shape index (κ3) is 3.26. The quantitative estimate of drug-likeness (QED) is 0.917. The normalized spacial score (nSPS) is 19.8. The number of nitrogens with one attached hydrogen (secondary N) is 1. The average molecular weight is 345 g/mol. The molecule has 0 unspecified atom stereocenters. The lowest BCUT2D eigenvalue weighted by atomic mass is 9.98. The van der Waals surface area contributed by atoms with Crippen LogP contribution in [0.2, 0.25) is 0 Å². The summed E-state index contributed by atoms with van der Waals surface area (Å²) in [5, 5.41) is 6.89. The molecule has 1 saturated heterocycles. The number of anilines is 1. The summed E-state index contributed by atoms with van der Waals surface area (Å²) in [6.07, 6.45) is 6.85. The van der Waals surface area contributed by atoms with Crippen molar-refractivity contribution in [3.63, 3.8) is 0 Å². The average Bonchev–Trinajstić information content (AvgIpc) is 3.25. The van der Waals surface area contributed by atoms with Gasteiger partial charge >= 0.3 is 0 Å². The summed E-state index contributed by atoms with van der Waals surface area (Å²) in [6, 6.07) is 3.36. The zero-order valence-corrected chi connectivity index (χ0v) is 14.1. The van der Waals surface area contributed by atoms with Gasteiger partial charge in [0, 0.05) is 29.1 Å². The number of rotatable bonds is 4. The maximum absolute atomic E-state index is 12.5. The van der Waals surface area contributed by atoms with Gasteiger partial charge in [0.2, 0.25) is 11.8 Å². The van der Waals surface area contributed by atoms with E-state index in [0.717, 1.165) is 54.9 Å². The van der Waals surface area contributed by atoms with Crippen LogP contribution in [0.15, 0.2) is 22.9 Å². The number of amides is 1. The predicted octanol–water partition coefficient (Wildman–Crippen LogP) is 3.09. The molecule has 1 aliphatic carbocycles. The molecule has 1 fully saturated rings. The highest BCUT2D eigenvalue weighted by Crippen LogP contribution is 2.28. The van der Waals surface area contributed by atoms with Gasteiger partial charge in [0.25, 0.3) is 5.91 Å². The molecule has 6 nitrogen and oxygen atoms in total. The Balaban J connectivity index is 1.47. The second-order valence-electron chi connectivity index (χ2n) is 6.08. The third-order valence-electron chi connectivity index (χ3n) is 4.36. The van der Waals surface area contributed by atoms with Crippen LogP contribution in [0.5, 0.6) is 5.88 Å². The Kier molecular flexibility index (Phi) is 4.42. The molecule has 1 atom stereocenters. The topological polar surface area (TPSA) is 77.3 Å². The maximum Gasteiger partial charge on any atom is 0.258 e. The highest BCUT2D eigenvalue weighted by molar-refractivity contribution is 7.99. The molecule has 0 saturated carbocycles. The summed E-state index contributed by atoms with van der Waals surface area (Å²) in [6.45, 7) is 0. The van der Waals surface area contributed by atoms with Gasteiger partial charge in [0.05, 0.1) is 5.69 Å². The molecular formula is C17H19N3O3S. The van der Waals surface area contributed by atoms with Crippen LogP contribution in [0.1, 0.15) is 40.9 Å². The molecule has 3 heterocycles. The van der Waals surface area contributed by atoms with Crippen molar-refractivity contribution in [1.82, 2.24) is 10.1 Å². The third-order valence-corrected chi connectivity index (χ3v) is 5.49. The van der Waals surface area contributed by atoms with Crippen molar-refractivity contribution in [2.45, 2.75) is 38.2 Å². The lowest BCUT2D eigenvalue weighted by Gasteiger charge is -2.12. The van der Waals surface area contributed by atoms with Crippen LogP contribution in [-0.4, -0.2) is 33.7 Å². The van der Waals surface area contributed by atoms with Crippen molar-refractivity contribution < 1.29 is 14.1 Å². The number of carbonyl (C=O) groups excluding carboxylic acids is 1. The number of fused-ring (bicyclic) bond motifs is 1. The summed E-state index contributed by atoms with van der Waals surface area (Å²) < 4.78 is 11.2. The summed E-state index contributed by atoms with van der Waals surface area (Å²) >= 11 is 1.88. The Hall–Kier alpha value is -2.02.